The van der Waals surface area contributed by atoms with Gasteiger partial charge in [-0.05, 0) is 38.1 Å². The van der Waals surface area contributed by atoms with Gasteiger partial charge in [-0.3, -0.25) is 9.78 Å². The van der Waals surface area contributed by atoms with Gasteiger partial charge in [0.1, 0.15) is 0 Å². The van der Waals surface area contributed by atoms with Gasteiger partial charge in [-0.2, -0.15) is 0 Å². The summed E-state index contributed by atoms with van der Waals surface area (Å²) in [4.78, 5) is 15.9. The van der Waals surface area contributed by atoms with E-state index in [1.807, 2.05) is 32.0 Å². The molecular formula is C14H16ClN3O. The molecule has 0 aliphatic rings. The van der Waals surface area contributed by atoms with Crippen LogP contribution in [0.25, 0.3) is 10.9 Å². The smallest absolute Gasteiger partial charge is 0.239 e. The number of carbonyl (C=O) groups is 1. The van der Waals surface area contributed by atoms with Crippen LogP contribution in [0.1, 0.15) is 13.8 Å². The van der Waals surface area contributed by atoms with Crippen molar-refractivity contribution in [3.8, 4) is 0 Å². The Hall–Kier alpha value is -1.81. The molecule has 1 aromatic heterocycles. The second-order valence-electron chi connectivity index (χ2n) is 4.60. The van der Waals surface area contributed by atoms with E-state index in [1.165, 1.54) is 0 Å². The predicted molar refractivity (Wildman–Crippen MR) is 78.5 cm³/mol. The Morgan fingerprint density at radius 1 is 1.37 bits per heavy atom. The molecule has 0 atom stereocenters. The second-order valence-corrected chi connectivity index (χ2v) is 5.03. The van der Waals surface area contributed by atoms with E-state index >= 15 is 0 Å². The van der Waals surface area contributed by atoms with Crippen LogP contribution in [0.15, 0.2) is 30.5 Å². The third kappa shape index (κ3) is 3.58. The molecule has 1 aromatic carbocycles. The minimum Gasteiger partial charge on any atom is -0.376 e. The van der Waals surface area contributed by atoms with Crippen LogP contribution in [0.4, 0.5) is 5.69 Å². The number of nitrogens with one attached hydrogen (secondary N) is 2. The maximum Gasteiger partial charge on any atom is 0.239 e. The zero-order valence-electron chi connectivity index (χ0n) is 10.9. The third-order valence-electron chi connectivity index (χ3n) is 2.59. The van der Waals surface area contributed by atoms with Crippen molar-refractivity contribution in [3.63, 3.8) is 0 Å². The molecule has 2 rings (SSSR count). The number of nitrogens with zero attached hydrogens (tertiary/aromatic N) is 1. The van der Waals surface area contributed by atoms with Gasteiger partial charge in [-0.1, -0.05) is 11.6 Å². The second kappa shape index (κ2) is 5.89. The first-order valence-electron chi connectivity index (χ1n) is 6.14. The molecule has 0 spiro atoms. The third-order valence-corrected chi connectivity index (χ3v) is 2.83. The van der Waals surface area contributed by atoms with E-state index in [2.05, 4.69) is 15.6 Å². The normalized spacial score (nSPS) is 10.7. The van der Waals surface area contributed by atoms with Crippen LogP contribution in [0.2, 0.25) is 5.02 Å². The van der Waals surface area contributed by atoms with Crippen LogP contribution in [-0.2, 0) is 4.79 Å². The number of amides is 1. The van der Waals surface area contributed by atoms with Gasteiger partial charge in [-0.15, -0.1) is 0 Å². The Bertz CT molecular complexity index is 598. The molecular weight excluding hydrogens is 262 g/mol. The Kier molecular flexibility index (Phi) is 4.22. The summed E-state index contributed by atoms with van der Waals surface area (Å²) in [7, 11) is 0. The first-order chi connectivity index (χ1) is 9.06. The lowest BCUT2D eigenvalue weighted by atomic mass is 10.2. The summed E-state index contributed by atoms with van der Waals surface area (Å²) in [5, 5.41) is 7.55. The van der Waals surface area contributed by atoms with Crippen LogP contribution in [0.3, 0.4) is 0 Å². The highest BCUT2D eigenvalue weighted by Gasteiger charge is 2.06. The van der Waals surface area contributed by atoms with Gasteiger partial charge in [0.25, 0.3) is 0 Å². The van der Waals surface area contributed by atoms with Crippen molar-refractivity contribution in [2.24, 2.45) is 0 Å². The van der Waals surface area contributed by atoms with Crippen molar-refractivity contribution in [2.45, 2.75) is 19.9 Å². The Labute approximate surface area is 117 Å². The molecule has 1 heterocycles. The molecule has 100 valence electrons. The number of anilines is 1. The number of hydrogen-bond acceptors (Lipinski definition) is 3. The highest BCUT2D eigenvalue weighted by Crippen LogP contribution is 2.24. The van der Waals surface area contributed by atoms with Gasteiger partial charge in [0.2, 0.25) is 5.91 Å². The molecule has 2 N–H and O–H groups in total. The first-order valence-corrected chi connectivity index (χ1v) is 6.51. The standard InChI is InChI=1S/C14H16ClN3O/c1-9(2)18-14(19)8-17-12-5-6-16-13-7-10(15)3-4-11(12)13/h3-7,9H,8H2,1-2H3,(H,16,17)(H,18,19). The van der Waals surface area contributed by atoms with Crippen molar-refractivity contribution in [1.82, 2.24) is 10.3 Å². The largest absolute Gasteiger partial charge is 0.376 e. The zero-order valence-corrected chi connectivity index (χ0v) is 11.7. The topological polar surface area (TPSA) is 54.0 Å². The van der Waals surface area contributed by atoms with Gasteiger partial charge in [-0.25, -0.2) is 0 Å². The molecule has 0 aliphatic carbocycles. The zero-order chi connectivity index (χ0) is 13.8. The summed E-state index contributed by atoms with van der Waals surface area (Å²) < 4.78 is 0. The molecule has 1 amide bonds. The fraction of sp³-hybridized carbons (Fsp3) is 0.286. The summed E-state index contributed by atoms with van der Waals surface area (Å²) in [5.41, 5.74) is 1.68. The van der Waals surface area contributed by atoms with E-state index in [4.69, 9.17) is 11.6 Å². The molecule has 0 aliphatic heterocycles. The van der Waals surface area contributed by atoms with Crippen LogP contribution in [0, 0.1) is 0 Å². The van der Waals surface area contributed by atoms with Crippen molar-refractivity contribution in [3.05, 3.63) is 35.5 Å². The Morgan fingerprint density at radius 2 is 2.16 bits per heavy atom. The molecule has 4 nitrogen and oxygen atoms in total. The maximum absolute atomic E-state index is 11.6. The quantitative estimate of drug-likeness (QED) is 0.904. The van der Waals surface area contributed by atoms with Gasteiger partial charge in [0.15, 0.2) is 0 Å². The number of hydrogen-bond donors (Lipinski definition) is 2. The van der Waals surface area contributed by atoms with Crippen molar-refractivity contribution < 1.29 is 4.79 Å². The minimum absolute atomic E-state index is 0.0334. The van der Waals surface area contributed by atoms with Crippen LogP contribution < -0.4 is 10.6 Å². The van der Waals surface area contributed by atoms with Crippen molar-refractivity contribution >= 4 is 34.1 Å². The molecule has 0 unspecified atom stereocenters. The van der Waals surface area contributed by atoms with Gasteiger partial charge >= 0.3 is 0 Å². The lowest BCUT2D eigenvalue weighted by Gasteiger charge is -2.11. The van der Waals surface area contributed by atoms with E-state index in [0.29, 0.717) is 5.02 Å². The predicted octanol–water partition coefficient (Wildman–Crippen LogP) is 2.82. The fourth-order valence-electron chi connectivity index (χ4n) is 1.82. The summed E-state index contributed by atoms with van der Waals surface area (Å²) in [6.45, 7) is 4.10. The van der Waals surface area contributed by atoms with Crippen molar-refractivity contribution in [2.75, 3.05) is 11.9 Å². The van der Waals surface area contributed by atoms with Crippen LogP contribution in [-0.4, -0.2) is 23.5 Å². The molecule has 0 saturated heterocycles. The molecule has 0 bridgehead atoms. The average molecular weight is 278 g/mol. The van der Waals surface area contributed by atoms with Crippen molar-refractivity contribution in [1.29, 1.82) is 0 Å². The van der Waals surface area contributed by atoms with E-state index in [1.54, 1.807) is 12.3 Å². The van der Waals surface area contributed by atoms with E-state index in [0.717, 1.165) is 16.6 Å². The SMILES string of the molecule is CC(C)NC(=O)CNc1ccnc2cc(Cl)ccc12. The molecule has 0 fully saturated rings. The molecule has 19 heavy (non-hydrogen) atoms. The number of aromatic nitrogens is 1. The minimum atomic E-state index is -0.0334. The fourth-order valence-corrected chi connectivity index (χ4v) is 1.99. The number of fused-ring (bicyclic) bond motifs is 1. The number of rotatable bonds is 4. The maximum atomic E-state index is 11.6. The highest BCUT2D eigenvalue weighted by atomic mass is 35.5. The van der Waals surface area contributed by atoms with Crippen LogP contribution in [0.5, 0.6) is 0 Å². The van der Waals surface area contributed by atoms with Gasteiger partial charge in [0, 0.05) is 28.3 Å². The molecule has 2 aromatic rings. The van der Waals surface area contributed by atoms with Crippen LogP contribution >= 0.6 is 11.6 Å². The number of benzene rings is 1. The Balaban J connectivity index is 2.15. The lowest BCUT2D eigenvalue weighted by molar-refractivity contribution is -0.119. The Morgan fingerprint density at radius 3 is 2.89 bits per heavy atom. The number of carbonyl (C=O) groups excluding carboxylic acids is 1. The molecule has 5 heteroatoms. The van der Waals surface area contributed by atoms with Gasteiger partial charge < -0.3 is 10.6 Å². The number of pyridine rings is 1. The summed E-state index contributed by atoms with van der Waals surface area (Å²) in [5.74, 6) is -0.0334. The van der Waals surface area contributed by atoms with E-state index in [-0.39, 0.29) is 18.5 Å². The number of halogens is 1. The average Bonchev–Trinajstić information content (AvgIpc) is 2.35. The monoisotopic (exact) mass is 277 g/mol. The van der Waals surface area contributed by atoms with E-state index < -0.39 is 0 Å². The van der Waals surface area contributed by atoms with Gasteiger partial charge in [0.05, 0.1) is 12.1 Å². The van der Waals surface area contributed by atoms with E-state index in [9.17, 15) is 4.79 Å². The summed E-state index contributed by atoms with van der Waals surface area (Å²) in [6, 6.07) is 7.50. The summed E-state index contributed by atoms with van der Waals surface area (Å²) >= 11 is 5.93. The first kappa shape index (κ1) is 13.6. The molecule has 0 saturated carbocycles. The highest BCUT2D eigenvalue weighted by molar-refractivity contribution is 6.31. The summed E-state index contributed by atoms with van der Waals surface area (Å²) in [6.07, 6.45) is 1.70. The molecule has 0 radical (unpaired) electrons. The lowest BCUT2D eigenvalue weighted by Crippen LogP contribution is -2.34.